The van der Waals surface area contributed by atoms with E-state index in [1.165, 1.54) is 30.3 Å². The fourth-order valence-corrected chi connectivity index (χ4v) is 9.25. The molecule has 1 saturated heterocycles. The number of carbonyl (C=O) groups excluding carboxylic acids is 6. The van der Waals surface area contributed by atoms with Gasteiger partial charge in [-0.15, -0.1) is 0 Å². The van der Waals surface area contributed by atoms with E-state index < -0.39 is 51.2 Å². The summed E-state index contributed by atoms with van der Waals surface area (Å²) in [4.78, 5) is 80.2. The second-order valence-electron chi connectivity index (χ2n) is 13.8. The maximum atomic E-state index is 13.4. The van der Waals surface area contributed by atoms with E-state index in [9.17, 15) is 37.2 Å². The van der Waals surface area contributed by atoms with Crippen molar-refractivity contribution in [1.82, 2.24) is 20.5 Å². The van der Waals surface area contributed by atoms with Crippen molar-refractivity contribution in [3.05, 3.63) is 109 Å². The molecule has 1 fully saturated rings. The lowest BCUT2D eigenvalue weighted by molar-refractivity contribution is -0.136. The minimum absolute atomic E-state index is 0.0143. The molecule has 18 heteroatoms. The molecule has 58 heavy (non-hydrogen) atoms. The number of aromatic nitrogens is 1. The van der Waals surface area contributed by atoms with E-state index in [-0.39, 0.29) is 75.7 Å². The molecule has 0 saturated carbocycles. The molecule has 0 aliphatic carbocycles. The predicted octanol–water partition coefficient (Wildman–Crippen LogP) is 4.66. The quantitative estimate of drug-likeness (QED) is 0.0713. The van der Waals surface area contributed by atoms with Gasteiger partial charge in [-0.1, -0.05) is 29.3 Å². The number of carbonyl (C=O) groups is 6. The Hall–Kier alpha value is -5.81. The van der Waals surface area contributed by atoms with Gasteiger partial charge in [0.1, 0.15) is 6.04 Å². The van der Waals surface area contributed by atoms with E-state index in [0.29, 0.717) is 46.0 Å². The van der Waals surface area contributed by atoms with Crippen molar-refractivity contribution in [2.45, 2.75) is 43.4 Å². The predicted molar refractivity (Wildman–Crippen MR) is 215 cm³/mol. The van der Waals surface area contributed by atoms with Crippen molar-refractivity contribution in [3.63, 3.8) is 0 Å². The zero-order valence-electron chi connectivity index (χ0n) is 31.1. The first-order valence-corrected chi connectivity index (χ1v) is 20.5. The van der Waals surface area contributed by atoms with Gasteiger partial charge in [0.05, 0.1) is 46.1 Å². The van der Waals surface area contributed by atoms with Crippen LogP contribution in [0.25, 0.3) is 11.6 Å². The van der Waals surface area contributed by atoms with Crippen molar-refractivity contribution < 1.29 is 41.9 Å². The summed E-state index contributed by atoms with van der Waals surface area (Å²) in [5.41, 5.74) is 4.26. The zero-order valence-corrected chi connectivity index (χ0v) is 33.4. The highest BCUT2D eigenvalue weighted by Crippen LogP contribution is 2.37. The Balaban J connectivity index is 0.923. The number of halogens is 2. The van der Waals surface area contributed by atoms with Gasteiger partial charge in [-0.25, -0.2) is 8.42 Å². The Kier molecular flexibility index (Phi) is 11.3. The molecule has 5 N–H and O–H groups in total. The van der Waals surface area contributed by atoms with Crippen molar-refractivity contribution in [1.29, 1.82) is 0 Å². The average Bonchev–Trinajstić information content (AvgIpc) is 3.74. The number of H-pyrrole nitrogens is 1. The maximum absolute atomic E-state index is 13.4. The van der Waals surface area contributed by atoms with Crippen molar-refractivity contribution in [3.8, 4) is 0 Å². The molecule has 1 atom stereocenters. The molecule has 0 radical (unpaired) electrons. The molecule has 7 rings (SSSR count). The second-order valence-corrected chi connectivity index (χ2v) is 16.6. The largest absolute Gasteiger partial charge is 0.383 e. The zero-order chi connectivity index (χ0) is 41.5. The molecule has 0 bridgehead atoms. The molecular weight excluding hydrogens is 811 g/mol. The molecule has 3 aliphatic rings. The number of benzene rings is 3. The second kappa shape index (κ2) is 16.2. The van der Waals surface area contributed by atoms with Gasteiger partial charge < -0.3 is 25.7 Å². The Morgan fingerprint density at radius 3 is 2.38 bits per heavy atom. The van der Waals surface area contributed by atoms with Gasteiger partial charge in [-0.3, -0.25) is 39.0 Å². The number of rotatable bonds is 13. The highest BCUT2D eigenvalue weighted by atomic mass is 35.5. The van der Waals surface area contributed by atoms with Crippen LogP contribution in [0.5, 0.6) is 0 Å². The molecule has 15 nitrogen and oxygen atoms in total. The molecule has 4 heterocycles. The van der Waals surface area contributed by atoms with Crippen molar-refractivity contribution >= 4 is 91.5 Å². The van der Waals surface area contributed by atoms with Crippen LogP contribution < -0.4 is 21.3 Å². The van der Waals surface area contributed by atoms with Gasteiger partial charge >= 0.3 is 0 Å². The Morgan fingerprint density at radius 2 is 1.64 bits per heavy atom. The first kappa shape index (κ1) is 40.4. The number of ether oxygens (including phenoxy) is 1. The van der Waals surface area contributed by atoms with Crippen molar-refractivity contribution in [2.75, 3.05) is 36.9 Å². The fraction of sp³-hybridized carbons (Fsp3) is 0.250. The first-order chi connectivity index (χ1) is 27.6. The van der Waals surface area contributed by atoms with Crippen LogP contribution in [0.4, 0.5) is 11.4 Å². The molecule has 0 spiro atoms. The molecule has 4 aromatic rings. The number of sulfone groups is 1. The van der Waals surface area contributed by atoms with Gasteiger partial charge in [0.15, 0.2) is 9.84 Å². The highest BCUT2D eigenvalue weighted by molar-refractivity contribution is 7.90. The Labute approximate surface area is 342 Å². The number of amides is 6. The number of imide groups is 2. The lowest BCUT2D eigenvalue weighted by Crippen LogP contribution is -2.54. The SMILES string of the molecule is Cc1[nH]c(C=C2C(=O)Nc3ccc(S(=O)(=O)Cc4c(Cl)cccc4Cl)cc32)c(C)c1C(=O)NCCOCCNc1ccc2c(c1)C(=O)N(C1CCC(=O)NC1=O)C2=O. The van der Waals surface area contributed by atoms with Gasteiger partial charge in [0.25, 0.3) is 23.6 Å². The summed E-state index contributed by atoms with van der Waals surface area (Å²) in [6, 6.07) is 12.8. The van der Waals surface area contributed by atoms with Gasteiger partial charge in [-0.2, -0.15) is 0 Å². The molecule has 1 aromatic heterocycles. The third-order valence-electron chi connectivity index (χ3n) is 10.1. The third-order valence-corrected chi connectivity index (χ3v) is 12.4. The summed E-state index contributed by atoms with van der Waals surface area (Å²) in [5, 5.41) is 11.4. The van der Waals surface area contributed by atoms with Crippen LogP contribution in [0, 0.1) is 13.8 Å². The van der Waals surface area contributed by atoms with E-state index in [4.69, 9.17) is 27.9 Å². The standard InChI is InChI=1S/C40H36Cl2N6O9S/c1-20-32(18-26-25-17-23(7-9-31(25)46-36(26)50)58(55,56)19-28-29(41)4-3-5-30(28)42)45-21(2)35(20)38(52)44-13-15-57-14-12-43-22-6-8-24-27(16-22)40(54)48(39(24)53)33-10-11-34(49)47-37(33)51/h3-9,16-18,33,43,45H,10-15,19H2,1-2H3,(H,44,52)(H,46,50)(H,47,49,51). The van der Waals surface area contributed by atoms with E-state index in [1.807, 2.05) is 0 Å². The molecule has 1 unspecified atom stereocenters. The Bertz CT molecular complexity index is 2570. The monoisotopic (exact) mass is 846 g/mol. The molecule has 6 amide bonds. The van der Waals surface area contributed by atoms with E-state index >= 15 is 0 Å². The van der Waals surface area contributed by atoms with Gasteiger partial charge in [0, 0.05) is 63.4 Å². The Morgan fingerprint density at radius 1 is 0.914 bits per heavy atom. The normalized spacial score (nSPS) is 17.0. The van der Waals surface area contributed by atoms with Crippen LogP contribution in [0.1, 0.15) is 72.0 Å². The summed E-state index contributed by atoms with van der Waals surface area (Å²) in [5.74, 6) is -3.53. The van der Waals surface area contributed by atoms with Crippen molar-refractivity contribution in [2.24, 2.45) is 0 Å². The number of nitrogens with one attached hydrogen (secondary N) is 5. The third kappa shape index (κ3) is 7.87. The number of anilines is 2. The summed E-state index contributed by atoms with van der Waals surface area (Å²) in [7, 11) is -3.91. The van der Waals surface area contributed by atoms with Gasteiger partial charge in [-0.05, 0) is 80.4 Å². The first-order valence-electron chi connectivity index (χ1n) is 18.1. The summed E-state index contributed by atoms with van der Waals surface area (Å²) >= 11 is 12.5. The minimum Gasteiger partial charge on any atom is -0.383 e. The topological polar surface area (TPSA) is 213 Å². The van der Waals surface area contributed by atoms with E-state index in [0.717, 1.165) is 4.90 Å². The average molecular weight is 848 g/mol. The summed E-state index contributed by atoms with van der Waals surface area (Å²) in [6.45, 7) is 4.45. The number of hydrogen-bond acceptors (Lipinski definition) is 10. The number of aromatic amines is 1. The van der Waals surface area contributed by atoms with Crippen LogP contribution in [-0.2, 0) is 34.7 Å². The lowest BCUT2D eigenvalue weighted by Gasteiger charge is -2.27. The number of fused-ring (bicyclic) bond motifs is 2. The van der Waals surface area contributed by atoms with Crippen LogP contribution in [0.15, 0.2) is 59.5 Å². The number of hydrogen-bond donors (Lipinski definition) is 5. The smallest absolute Gasteiger partial charge is 0.262 e. The van der Waals surface area contributed by atoms with Crippen LogP contribution >= 0.6 is 23.2 Å². The number of nitrogens with zero attached hydrogens (tertiary/aromatic N) is 1. The van der Waals surface area contributed by atoms with E-state index in [2.05, 4.69) is 26.3 Å². The van der Waals surface area contributed by atoms with Crippen LogP contribution in [0.2, 0.25) is 10.0 Å². The summed E-state index contributed by atoms with van der Waals surface area (Å²) < 4.78 is 32.5. The fourth-order valence-electron chi connectivity index (χ4n) is 7.13. The minimum atomic E-state index is -3.91. The molecular formula is C40H36Cl2N6O9S. The molecule has 3 aromatic carbocycles. The summed E-state index contributed by atoms with van der Waals surface area (Å²) in [6.07, 6.45) is 1.69. The van der Waals surface area contributed by atoms with Crippen LogP contribution in [-0.4, -0.2) is 86.1 Å². The van der Waals surface area contributed by atoms with Crippen LogP contribution in [0.3, 0.4) is 0 Å². The van der Waals surface area contributed by atoms with E-state index in [1.54, 1.807) is 44.2 Å². The lowest BCUT2D eigenvalue weighted by atomic mass is 10.0. The molecule has 3 aliphatic heterocycles. The number of aryl methyl sites for hydroxylation is 1. The maximum Gasteiger partial charge on any atom is 0.262 e. The highest BCUT2D eigenvalue weighted by Gasteiger charge is 2.44. The number of piperidine rings is 1. The molecule has 300 valence electrons. The van der Waals surface area contributed by atoms with Gasteiger partial charge in [0.2, 0.25) is 11.8 Å².